The normalized spacial score (nSPS) is 24.6. The van der Waals surface area contributed by atoms with Crippen molar-refractivity contribution in [1.29, 1.82) is 0 Å². The van der Waals surface area contributed by atoms with Crippen LogP contribution in [0.4, 0.5) is 0 Å². The quantitative estimate of drug-likeness (QED) is 0.619. The molecule has 3 aliphatic heterocycles. The van der Waals surface area contributed by atoms with Gasteiger partial charge in [-0.2, -0.15) is 4.31 Å². The number of nitrogens with zero attached hydrogens (tertiary/aromatic N) is 2. The second kappa shape index (κ2) is 10.1. The molecule has 1 amide bonds. The van der Waals surface area contributed by atoms with Crippen LogP contribution in [0.5, 0.6) is 0 Å². The minimum Gasteiger partial charge on any atom is -0.395 e. The second-order valence-corrected chi connectivity index (χ2v) is 12.0. The lowest BCUT2D eigenvalue weighted by molar-refractivity contribution is -0.173. The van der Waals surface area contributed by atoms with Crippen molar-refractivity contribution in [3.8, 4) is 0 Å². The molecule has 0 radical (unpaired) electrons. The number of hydrogen-bond acceptors (Lipinski definition) is 5. The molecule has 3 heterocycles. The van der Waals surface area contributed by atoms with Gasteiger partial charge in [-0.3, -0.25) is 4.79 Å². The van der Waals surface area contributed by atoms with Gasteiger partial charge in [0.2, 0.25) is 15.9 Å². The Morgan fingerprint density at radius 2 is 1.75 bits per heavy atom. The summed E-state index contributed by atoms with van der Waals surface area (Å²) >= 11 is 0. The number of hydrogen-bond donors (Lipinski definition) is 1. The molecular formula is C28H34N2O5S. The monoisotopic (exact) mass is 510 g/mol. The number of aliphatic hydroxyl groups excluding tert-OH is 1. The number of likely N-dealkylation sites (tertiary alicyclic amines) is 1. The third kappa shape index (κ3) is 4.41. The highest BCUT2D eigenvalue weighted by Gasteiger charge is 2.70. The maximum Gasteiger partial charge on any atom is 0.225 e. The van der Waals surface area contributed by atoms with E-state index in [-0.39, 0.29) is 30.1 Å². The van der Waals surface area contributed by atoms with Crippen LogP contribution in [0.15, 0.2) is 60.7 Å². The van der Waals surface area contributed by atoms with Crippen molar-refractivity contribution in [3.63, 3.8) is 0 Å². The van der Waals surface area contributed by atoms with E-state index >= 15 is 0 Å². The molecule has 1 spiro atoms. The highest BCUT2D eigenvalue weighted by molar-refractivity contribution is 7.88. The van der Waals surface area contributed by atoms with Crippen LogP contribution in [0.3, 0.4) is 0 Å². The van der Waals surface area contributed by atoms with E-state index in [4.69, 9.17) is 4.74 Å². The zero-order valence-electron chi connectivity index (χ0n) is 20.6. The third-order valence-electron chi connectivity index (χ3n) is 7.85. The van der Waals surface area contributed by atoms with E-state index in [1.54, 1.807) is 17.0 Å². The molecule has 2 aromatic carbocycles. The van der Waals surface area contributed by atoms with E-state index in [2.05, 4.69) is 0 Å². The first-order chi connectivity index (χ1) is 17.4. The van der Waals surface area contributed by atoms with Crippen molar-refractivity contribution in [2.45, 2.75) is 43.0 Å². The highest BCUT2D eigenvalue weighted by Crippen LogP contribution is 2.56. The van der Waals surface area contributed by atoms with Crippen LogP contribution < -0.4 is 0 Å². The van der Waals surface area contributed by atoms with E-state index in [1.165, 1.54) is 4.31 Å². The number of amides is 1. The standard InChI is InChI=1S/C28H34N2O5S/c1-2-6-21-9-11-23(12-10-21)26-25(17-31)30(36(33,34)18-22-7-4-3-5-8-22)28(26)19-29(20-28)27(32)24-13-15-35-16-14-24/h2-12,24-26,31H,13-20H2,1H3/b6-2+/t25-,26+/m0/s1. The van der Waals surface area contributed by atoms with Gasteiger partial charge < -0.3 is 14.7 Å². The molecule has 0 saturated carbocycles. The zero-order valence-corrected chi connectivity index (χ0v) is 21.4. The zero-order chi connectivity index (χ0) is 25.3. The predicted octanol–water partition coefficient (Wildman–Crippen LogP) is 3.02. The Morgan fingerprint density at radius 3 is 2.36 bits per heavy atom. The van der Waals surface area contributed by atoms with Crippen molar-refractivity contribution in [2.75, 3.05) is 32.9 Å². The molecular weight excluding hydrogens is 476 g/mol. The average Bonchev–Trinajstić information content (AvgIpc) is 2.84. The van der Waals surface area contributed by atoms with Crippen molar-refractivity contribution in [2.24, 2.45) is 5.92 Å². The number of sulfonamides is 1. The molecule has 3 fully saturated rings. The lowest BCUT2D eigenvalue weighted by Gasteiger charge is -2.69. The van der Waals surface area contributed by atoms with E-state index < -0.39 is 21.6 Å². The van der Waals surface area contributed by atoms with Gasteiger partial charge in [-0.05, 0) is 36.5 Å². The molecule has 8 heteroatoms. The largest absolute Gasteiger partial charge is 0.395 e. The van der Waals surface area contributed by atoms with Crippen LogP contribution in [0.25, 0.3) is 6.08 Å². The van der Waals surface area contributed by atoms with Crippen LogP contribution in [-0.2, 0) is 25.3 Å². The Kier molecular flexibility index (Phi) is 7.05. The Bertz CT molecular complexity index is 1200. The van der Waals surface area contributed by atoms with E-state index in [9.17, 15) is 18.3 Å². The van der Waals surface area contributed by atoms with E-state index in [0.29, 0.717) is 44.7 Å². The third-order valence-corrected chi connectivity index (χ3v) is 9.78. The molecule has 36 heavy (non-hydrogen) atoms. The van der Waals surface area contributed by atoms with Gasteiger partial charge in [0, 0.05) is 38.1 Å². The Hall–Kier alpha value is -2.52. The maximum absolute atomic E-state index is 13.7. The van der Waals surface area contributed by atoms with Gasteiger partial charge in [-0.25, -0.2) is 8.42 Å². The minimum atomic E-state index is -3.73. The van der Waals surface area contributed by atoms with E-state index in [1.807, 2.05) is 61.5 Å². The predicted molar refractivity (Wildman–Crippen MR) is 139 cm³/mol. The molecule has 7 nitrogen and oxygen atoms in total. The van der Waals surface area contributed by atoms with Gasteiger partial charge in [-0.15, -0.1) is 0 Å². The minimum absolute atomic E-state index is 0.0715. The SMILES string of the molecule is C/C=C/c1ccc([C@@H]2[C@H](CO)N(S(=O)(=O)Cc3ccccc3)C23CN(C(=O)C2CCOCC2)C3)cc1. The molecule has 0 aromatic heterocycles. The summed E-state index contributed by atoms with van der Waals surface area (Å²) < 4.78 is 34.4. The van der Waals surface area contributed by atoms with Gasteiger partial charge in [0.25, 0.3) is 0 Å². The molecule has 0 aliphatic carbocycles. The van der Waals surface area contributed by atoms with Gasteiger partial charge in [0.05, 0.1) is 23.9 Å². The van der Waals surface area contributed by atoms with Gasteiger partial charge in [-0.1, -0.05) is 66.7 Å². The maximum atomic E-state index is 13.7. The Morgan fingerprint density at radius 1 is 1.08 bits per heavy atom. The number of benzene rings is 2. The number of ether oxygens (including phenoxy) is 1. The molecule has 2 aromatic rings. The highest BCUT2D eigenvalue weighted by atomic mass is 32.2. The molecule has 1 N–H and O–H groups in total. The lowest BCUT2D eigenvalue weighted by Crippen LogP contribution is -2.86. The number of rotatable bonds is 7. The van der Waals surface area contributed by atoms with Crippen molar-refractivity contribution >= 4 is 22.0 Å². The lowest BCUT2D eigenvalue weighted by atomic mass is 9.62. The second-order valence-electron chi connectivity index (χ2n) is 10.1. The van der Waals surface area contributed by atoms with Crippen LogP contribution >= 0.6 is 0 Å². The molecule has 192 valence electrons. The molecule has 3 saturated heterocycles. The van der Waals surface area contributed by atoms with Crippen LogP contribution in [0.1, 0.15) is 42.4 Å². The van der Waals surface area contributed by atoms with Gasteiger partial charge >= 0.3 is 0 Å². The fourth-order valence-electron chi connectivity index (χ4n) is 6.24. The number of aliphatic hydroxyl groups is 1. The van der Waals surface area contributed by atoms with Crippen molar-refractivity contribution < 1.29 is 23.1 Å². The average molecular weight is 511 g/mol. The van der Waals surface area contributed by atoms with Crippen molar-refractivity contribution in [3.05, 3.63) is 77.4 Å². The molecule has 2 atom stereocenters. The molecule has 3 aliphatic rings. The first-order valence-corrected chi connectivity index (χ1v) is 14.3. The topological polar surface area (TPSA) is 87.2 Å². The summed E-state index contributed by atoms with van der Waals surface area (Å²) in [7, 11) is -3.73. The van der Waals surface area contributed by atoms with Gasteiger partial charge in [0.15, 0.2) is 0 Å². The fourth-order valence-corrected chi connectivity index (χ4v) is 8.38. The molecule has 0 unspecified atom stereocenters. The first kappa shape index (κ1) is 25.1. The fraction of sp³-hybridized carbons (Fsp3) is 0.464. The first-order valence-electron chi connectivity index (χ1n) is 12.7. The Balaban J connectivity index is 1.45. The van der Waals surface area contributed by atoms with Crippen LogP contribution in [-0.4, -0.2) is 73.1 Å². The summed E-state index contributed by atoms with van der Waals surface area (Å²) in [4.78, 5) is 15.0. The number of allylic oxidation sites excluding steroid dienone is 1. The molecule has 0 bridgehead atoms. The summed E-state index contributed by atoms with van der Waals surface area (Å²) in [5, 5.41) is 10.4. The Labute approximate surface area is 213 Å². The van der Waals surface area contributed by atoms with Crippen LogP contribution in [0, 0.1) is 5.92 Å². The smallest absolute Gasteiger partial charge is 0.225 e. The van der Waals surface area contributed by atoms with E-state index in [0.717, 1.165) is 11.1 Å². The van der Waals surface area contributed by atoms with Crippen LogP contribution in [0.2, 0.25) is 0 Å². The molecule has 5 rings (SSSR count). The summed E-state index contributed by atoms with van der Waals surface area (Å²) in [5.74, 6) is -0.310. The number of carbonyl (C=O) groups is 1. The summed E-state index contributed by atoms with van der Waals surface area (Å²) in [5.41, 5.74) is 2.02. The summed E-state index contributed by atoms with van der Waals surface area (Å²) in [6.45, 7) is 3.54. The summed E-state index contributed by atoms with van der Waals surface area (Å²) in [6.07, 6.45) is 5.39. The number of carbonyl (C=O) groups excluding carboxylic acids is 1. The summed E-state index contributed by atoms with van der Waals surface area (Å²) in [6, 6.07) is 16.6. The van der Waals surface area contributed by atoms with Gasteiger partial charge in [0.1, 0.15) is 0 Å². The van der Waals surface area contributed by atoms with Crippen molar-refractivity contribution in [1.82, 2.24) is 9.21 Å².